The van der Waals surface area contributed by atoms with Gasteiger partial charge in [-0.2, -0.15) is 0 Å². The summed E-state index contributed by atoms with van der Waals surface area (Å²) in [6, 6.07) is 16.5. The van der Waals surface area contributed by atoms with Crippen LogP contribution in [0.5, 0.6) is 5.75 Å². The minimum absolute atomic E-state index is 0.0159. The quantitative estimate of drug-likeness (QED) is 0.321. The summed E-state index contributed by atoms with van der Waals surface area (Å²) >= 11 is 3.36. The van der Waals surface area contributed by atoms with Gasteiger partial charge < -0.3 is 9.84 Å². The van der Waals surface area contributed by atoms with Crippen LogP contribution in [0, 0.1) is 0 Å². The molecule has 0 saturated carbocycles. The molecule has 1 aromatic heterocycles. The Balaban J connectivity index is 1.91. The maximum Gasteiger partial charge on any atom is 0.300 e. The molecule has 1 atom stereocenters. The first-order chi connectivity index (χ1) is 15.0. The average Bonchev–Trinajstić information content (AvgIpc) is 3.05. The van der Waals surface area contributed by atoms with Crippen molar-refractivity contribution in [3.05, 3.63) is 94.2 Å². The molecule has 1 aliphatic heterocycles. The monoisotopic (exact) mass is 478 g/mol. The molecule has 1 amide bonds. The number of ether oxygens (including phenoxy) is 1. The van der Waals surface area contributed by atoms with E-state index < -0.39 is 17.7 Å². The van der Waals surface area contributed by atoms with Crippen molar-refractivity contribution in [2.45, 2.75) is 13.0 Å². The van der Waals surface area contributed by atoms with Crippen molar-refractivity contribution in [2.75, 3.05) is 11.5 Å². The number of rotatable bonds is 5. The number of benzene rings is 2. The second kappa shape index (κ2) is 8.73. The average molecular weight is 479 g/mol. The van der Waals surface area contributed by atoms with Crippen LogP contribution in [0.2, 0.25) is 0 Å². The third-order valence-corrected chi connectivity index (χ3v) is 5.50. The SMILES string of the molecule is CCOc1cccc(N2C(=O)C(=O)/C(=C(/O)c3ccc(Br)cc3)C2c2cccnc2)c1. The summed E-state index contributed by atoms with van der Waals surface area (Å²) in [7, 11) is 0. The highest BCUT2D eigenvalue weighted by atomic mass is 79.9. The number of anilines is 1. The van der Waals surface area contributed by atoms with E-state index in [1.54, 1.807) is 73.1 Å². The van der Waals surface area contributed by atoms with Gasteiger partial charge in [-0.25, -0.2) is 0 Å². The van der Waals surface area contributed by atoms with Gasteiger partial charge >= 0.3 is 0 Å². The number of carbonyl (C=O) groups is 2. The number of halogens is 1. The Kier molecular flexibility index (Phi) is 5.86. The Morgan fingerprint density at radius 2 is 1.90 bits per heavy atom. The smallest absolute Gasteiger partial charge is 0.300 e. The summed E-state index contributed by atoms with van der Waals surface area (Å²) < 4.78 is 6.40. The van der Waals surface area contributed by atoms with Crippen molar-refractivity contribution < 1.29 is 19.4 Å². The topological polar surface area (TPSA) is 79.7 Å². The van der Waals surface area contributed by atoms with Gasteiger partial charge in [0.1, 0.15) is 11.5 Å². The minimum Gasteiger partial charge on any atom is -0.507 e. The number of aromatic nitrogens is 1. The van der Waals surface area contributed by atoms with Crippen molar-refractivity contribution in [2.24, 2.45) is 0 Å². The van der Waals surface area contributed by atoms with Crippen LogP contribution in [0.15, 0.2) is 83.1 Å². The van der Waals surface area contributed by atoms with Gasteiger partial charge in [-0.05, 0) is 42.8 Å². The molecule has 6 nitrogen and oxygen atoms in total. The van der Waals surface area contributed by atoms with E-state index in [2.05, 4.69) is 20.9 Å². The van der Waals surface area contributed by atoms with E-state index in [-0.39, 0.29) is 11.3 Å². The Morgan fingerprint density at radius 3 is 2.58 bits per heavy atom. The van der Waals surface area contributed by atoms with Crippen LogP contribution in [-0.2, 0) is 9.59 Å². The molecule has 7 heteroatoms. The van der Waals surface area contributed by atoms with Gasteiger partial charge in [0, 0.05) is 34.2 Å². The first kappa shape index (κ1) is 20.8. The van der Waals surface area contributed by atoms with E-state index in [9.17, 15) is 14.7 Å². The number of pyridine rings is 1. The van der Waals surface area contributed by atoms with Gasteiger partial charge in [-0.1, -0.05) is 40.2 Å². The number of amides is 1. The van der Waals surface area contributed by atoms with Crippen LogP contribution in [0.3, 0.4) is 0 Å². The normalized spacial score (nSPS) is 17.7. The summed E-state index contributed by atoms with van der Waals surface area (Å²) in [6.45, 7) is 2.34. The fourth-order valence-corrected chi connectivity index (χ4v) is 3.87. The van der Waals surface area contributed by atoms with Crippen LogP contribution in [0.1, 0.15) is 24.1 Å². The highest BCUT2D eigenvalue weighted by molar-refractivity contribution is 9.10. The molecule has 31 heavy (non-hydrogen) atoms. The molecule has 0 aliphatic carbocycles. The first-order valence-corrected chi connectivity index (χ1v) is 10.5. The molecule has 1 unspecified atom stereocenters. The van der Waals surface area contributed by atoms with E-state index in [0.29, 0.717) is 29.2 Å². The number of hydrogen-bond acceptors (Lipinski definition) is 5. The number of aliphatic hydroxyl groups is 1. The van der Waals surface area contributed by atoms with Crippen molar-refractivity contribution in [3.63, 3.8) is 0 Å². The third kappa shape index (κ3) is 3.96. The second-order valence-corrected chi connectivity index (χ2v) is 7.81. The highest BCUT2D eigenvalue weighted by Gasteiger charge is 2.47. The van der Waals surface area contributed by atoms with Crippen LogP contribution in [0.4, 0.5) is 5.69 Å². The Morgan fingerprint density at radius 1 is 1.13 bits per heavy atom. The summed E-state index contributed by atoms with van der Waals surface area (Å²) in [6.07, 6.45) is 3.20. The standard InChI is InChI=1S/C24H19BrN2O4/c1-2-31-19-7-3-6-18(13-19)27-21(16-5-4-12-26-14-16)20(23(29)24(27)30)22(28)15-8-10-17(25)11-9-15/h3-14,21,28H,2H2,1H3/b22-20+. The minimum atomic E-state index is -0.825. The van der Waals surface area contributed by atoms with Crippen molar-refractivity contribution in [1.82, 2.24) is 4.98 Å². The van der Waals surface area contributed by atoms with Crippen LogP contribution in [0.25, 0.3) is 5.76 Å². The lowest BCUT2D eigenvalue weighted by Crippen LogP contribution is -2.29. The lowest BCUT2D eigenvalue weighted by molar-refractivity contribution is -0.132. The molecule has 0 spiro atoms. The van der Waals surface area contributed by atoms with Gasteiger partial charge in [-0.15, -0.1) is 0 Å². The van der Waals surface area contributed by atoms with E-state index >= 15 is 0 Å². The summed E-state index contributed by atoms with van der Waals surface area (Å²) in [5, 5.41) is 11.1. The third-order valence-electron chi connectivity index (χ3n) is 4.97. The molecule has 1 saturated heterocycles. The van der Waals surface area contributed by atoms with Crippen LogP contribution >= 0.6 is 15.9 Å². The molecular weight excluding hydrogens is 460 g/mol. The first-order valence-electron chi connectivity index (χ1n) is 9.71. The maximum absolute atomic E-state index is 13.1. The van der Waals surface area contributed by atoms with E-state index in [4.69, 9.17) is 4.74 Å². The van der Waals surface area contributed by atoms with Gasteiger partial charge in [0.05, 0.1) is 18.2 Å². The van der Waals surface area contributed by atoms with Crippen LogP contribution in [-0.4, -0.2) is 28.4 Å². The van der Waals surface area contributed by atoms with Gasteiger partial charge in [0.25, 0.3) is 11.7 Å². The molecule has 2 aromatic carbocycles. The van der Waals surface area contributed by atoms with E-state index in [0.717, 1.165) is 4.47 Å². The molecule has 1 fully saturated rings. The predicted molar refractivity (Wildman–Crippen MR) is 121 cm³/mol. The molecular formula is C24H19BrN2O4. The number of hydrogen-bond donors (Lipinski definition) is 1. The molecule has 2 heterocycles. The molecule has 0 radical (unpaired) electrons. The lowest BCUT2D eigenvalue weighted by atomic mass is 9.96. The van der Waals surface area contributed by atoms with Gasteiger partial charge in [0.2, 0.25) is 0 Å². The molecule has 4 rings (SSSR count). The van der Waals surface area contributed by atoms with E-state index in [1.807, 2.05) is 6.92 Å². The maximum atomic E-state index is 13.1. The number of nitrogens with zero attached hydrogens (tertiary/aromatic N) is 2. The lowest BCUT2D eigenvalue weighted by Gasteiger charge is -2.25. The summed E-state index contributed by atoms with van der Waals surface area (Å²) in [4.78, 5) is 31.7. The molecule has 3 aromatic rings. The number of aliphatic hydroxyl groups excluding tert-OH is 1. The largest absolute Gasteiger partial charge is 0.507 e. The Hall–Kier alpha value is -3.45. The summed E-state index contributed by atoms with van der Waals surface area (Å²) in [5.41, 5.74) is 1.57. The Bertz CT molecular complexity index is 1160. The number of carbonyl (C=O) groups excluding carboxylic acids is 2. The zero-order chi connectivity index (χ0) is 22.0. The molecule has 0 bridgehead atoms. The predicted octanol–water partition coefficient (Wildman–Crippen LogP) is 4.87. The highest BCUT2D eigenvalue weighted by Crippen LogP contribution is 2.42. The fraction of sp³-hybridized carbons (Fsp3) is 0.125. The zero-order valence-electron chi connectivity index (χ0n) is 16.7. The number of Topliss-reactive ketones (excluding diaryl/α,β-unsaturated/α-hetero) is 1. The van der Waals surface area contributed by atoms with Gasteiger partial charge in [-0.3, -0.25) is 19.5 Å². The summed E-state index contributed by atoms with van der Waals surface area (Å²) in [5.74, 6) is -1.12. The van der Waals surface area contributed by atoms with E-state index in [1.165, 1.54) is 4.90 Å². The number of ketones is 1. The molecule has 156 valence electrons. The Labute approximate surface area is 187 Å². The van der Waals surface area contributed by atoms with Crippen molar-refractivity contribution in [1.29, 1.82) is 0 Å². The van der Waals surface area contributed by atoms with Crippen molar-refractivity contribution >= 4 is 39.1 Å². The molecule has 1 aliphatic rings. The zero-order valence-corrected chi connectivity index (χ0v) is 18.2. The van der Waals surface area contributed by atoms with Crippen molar-refractivity contribution in [3.8, 4) is 5.75 Å². The molecule has 1 N–H and O–H groups in total. The second-order valence-electron chi connectivity index (χ2n) is 6.89. The van der Waals surface area contributed by atoms with Gasteiger partial charge in [0.15, 0.2) is 0 Å². The fourth-order valence-electron chi connectivity index (χ4n) is 3.61. The van der Waals surface area contributed by atoms with Crippen LogP contribution < -0.4 is 9.64 Å².